The SMILES string of the molecule is CC(C)(C)COC(=O)c1cc(F)ccc1F. The molecular formula is C12H14F2O2. The molecule has 0 aromatic heterocycles. The molecule has 0 aliphatic carbocycles. The van der Waals surface area contributed by atoms with Gasteiger partial charge in [0, 0.05) is 0 Å². The number of halogens is 2. The van der Waals surface area contributed by atoms with Crippen LogP contribution in [0.25, 0.3) is 0 Å². The minimum atomic E-state index is -0.841. The minimum Gasteiger partial charge on any atom is -0.461 e. The van der Waals surface area contributed by atoms with Gasteiger partial charge in [0.1, 0.15) is 11.6 Å². The van der Waals surface area contributed by atoms with Gasteiger partial charge in [-0.05, 0) is 23.6 Å². The highest BCUT2D eigenvalue weighted by Crippen LogP contribution is 2.16. The van der Waals surface area contributed by atoms with Gasteiger partial charge >= 0.3 is 5.97 Å². The third-order valence-corrected chi connectivity index (χ3v) is 1.78. The fourth-order valence-corrected chi connectivity index (χ4v) is 1.01. The third kappa shape index (κ3) is 3.61. The second kappa shape index (κ2) is 4.60. The molecule has 0 saturated carbocycles. The molecule has 0 aliphatic heterocycles. The van der Waals surface area contributed by atoms with Crippen LogP contribution in [0.2, 0.25) is 0 Å². The molecule has 16 heavy (non-hydrogen) atoms. The van der Waals surface area contributed by atoms with Gasteiger partial charge in [0.15, 0.2) is 0 Å². The maximum Gasteiger partial charge on any atom is 0.341 e. The van der Waals surface area contributed by atoms with Gasteiger partial charge in [-0.3, -0.25) is 0 Å². The third-order valence-electron chi connectivity index (χ3n) is 1.78. The van der Waals surface area contributed by atoms with Crippen molar-refractivity contribution >= 4 is 5.97 Å². The van der Waals surface area contributed by atoms with Gasteiger partial charge < -0.3 is 4.74 Å². The molecule has 0 bridgehead atoms. The van der Waals surface area contributed by atoms with Crippen molar-refractivity contribution in [3.8, 4) is 0 Å². The summed E-state index contributed by atoms with van der Waals surface area (Å²) in [6.45, 7) is 5.79. The van der Waals surface area contributed by atoms with Crippen LogP contribution in [-0.2, 0) is 4.74 Å². The highest BCUT2D eigenvalue weighted by Gasteiger charge is 2.18. The van der Waals surface area contributed by atoms with Crippen molar-refractivity contribution in [2.24, 2.45) is 5.41 Å². The summed E-state index contributed by atoms with van der Waals surface area (Å²) in [5.41, 5.74) is -0.580. The predicted molar refractivity (Wildman–Crippen MR) is 56.1 cm³/mol. The zero-order valence-electron chi connectivity index (χ0n) is 9.51. The number of benzene rings is 1. The zero-order chi connectivity index (χ0) is 12.3. The van der Waals surface area contributed by atoms with Crippen molar-refractivity contribution in [1.82, 2.24) is 0 Å². The normalized spacial score (nSPS) is 11.3. The monoisotopic (exact) mass is 228 g/mol. The zero-order valence-corrected chi connectivity index (χ0v) is 9.51. The topological polar surface area (TPSA) is 26.3 Å². The van der Waals surface area contributed by atoms with Crippen molar-refractivity contribution < 1.29 is 18.3 Å². The first-order chi connectivity index (χ1) is 7.29. The molecule has 1 aromatic rings. The molecule has 2 nitrogen and oxygen atoms in total. The van der Waals surface area contributed by atoms with Crippen LogP contribution in [0.1, 0.15) is 31.1 Å². The smallest absolute Gasteiger partial charge is 0.341 e. The fraction of sp³-hybridized carbons (Fsp3) is 0.417. The standard InChI is InChI=1S/C12H14F2O2/c1-12(2,3)7-16-11(15)9-6-8(13)4-5-10(9)14/h4-6H,7H2,1-3H3. The summed E-state index contributed by atoms with van der Waals surface area (Å²) in [7, 11) is 0. The number of carbonyl (C=O) groups is 1. The van der Waals surface area contributed by atoms with E-state index in [0.29, 0.717) is 0 Å². The Balaban J connectivity index is 2.77. The van der Waals surface area contributed by atoms with Crippen LogP contribution in [0.5, 0.6) is 0 Å². The lowest BCUT2D eigenvalue weighted by atomic mass is 9.99. The van der Waals surface area contributed by atoms with Gasteiger partial charge in [-0.25, -0.2) is 13.6 Å². The number of hydrogen-bond donors (Lipinski definition) is 0. The van der Waals surface area contributed by atoms with Gasteiger partial charge in [-0.2, -0.15) is 0 Å². The first-order valence-corrected chi connectivity index (χ1v) is 4.92. The maximum atomic E-state index is 13.2. The summed E-state index contributed by atoms with van der Waals surface area (Å²) < 4.78 is 30.9. The largest absolute Gasteiger partial charge is 0.461 e. The Labute approximate surface area is 93.2 Å². The minimum absolute atomic E-state index is 0.155. The van der Waals surface area contributed by atoms with E-state index in [0.717, 1.165) is 18.2 Å². The van der Waals surface area contributed by atoms with Crippen molar-refractivity contribution in [2.75, 3.05) is 6.61 Å². The van der Waals surface area contributed by atoms with E-state index in [4.69, 9.17) is 4.74 Å². The fourth-order valence-electron chi connectivity index (χ4n) is 1.01. The Morgan fingerprint density at radius 1 is 1.31 bits per heavy atom. The van der Waals surface area contributed by atoms with E-state index < -0.39 is 17.6 Å². The molecule has 0 atom stereocenters. The van der Waals surface area contributed by atoms with E-state index >= 15 is 0 Å². The molecule has 0 saturated heterocycles. The van der Waals surface area contributed by atoms with Crippen LogP contribution in [0.15, 0.2) is 18.2 Å². The van der Waals surface area contributed by atoms with Gasteiger partial charge in [-0.1, -0.05) is 20.8 Å². The molecule has 0 aliphatic rings. The lowest BCUT2D eigenvalue weighted by Gasteiger charge is -2.17. The molecule has 0 fully saturated rings. The molecule has 4 heteroatoms. The molecular weight excluding hydrogens is 214 g/mol. The van der Waals surface area contributed by atoms with Crippen LogP contribution in [0.3, 0.4) is 0 Å². The van der Waals surface area contributed by atoms with E-state index in [9.17, 15) is 13.6 Å². The Hall–Kier alpha value is -1.45. The van der Waals surface area contributed by atoms with Gasteiger partial charge in [-0.15, -0.1) is 0 Å². The Bertz CT molecular complexity index is 394. The lowest BCUT2D eigenvalue weighted by molar-refractivity contribution is 0.0361. The summed E-state index contributed by atoms with van der Waals surface area (Å²) in [5.74, 6) is -2.28. The molecule has 0 amide bonds. The number of hydrogen-bond acceptors (Lipinski definition) is 2. The first-order valence-electron chi connectivity index (χ1n) is 4.92. The van der Waals surface area contributed by atoms with Gasteiger partial charge in [0.2, 0.25) is 0 Å². The number of carbonyl (C=O) groups excluding carboxylic acids is 1. The molecule has 0 heterocycles. The van der Waals surface area contributed by atoms with Crippen molar-refractivity contribution in [1.29, 1.82) is 0 Å². The molecule has 0 unspecified atom stereocenters. The molecule has 0 spiro atoms. The summed E-state index contributed by atoms with van der Waals surface area (Å²) in [6, 6.07) is 2.69. The summed E-state index contributed by atoms with van der Waals surface area (Å²) in [6.07, 6.45) is 0. The van der Waals surface area contributed by atoms with Crippen LogP contribution >= 0.6 is 0 Å². The van der Waals surface area contributed by atoms with Crippen LogP contribution in [0.4, 0.5) is 8.78 Å². The van der Waals surface area contributed by atoms with Crippen molar-refractivity contribution in [3.63, 3.8) is 0 Å². The number of rotatable bonds is 2. The summed E-state index contributed by atoms with van der Waals surface area (Å²) >= 11 is 0. The average molecular weight is 228 g/mol. The maximum absolute atomic E-state index is 13.2. The molecule has 1 rings (SSSR count). The van der Waals surface area contributed by atoms with E-state index in [2.05, 4.69) is 0 Å². The Kier molecular flexibility index (Phi) is 3.62. The summed E-state index contributed by atoms with van der Waals surface area (Å²) in [5, 5.41) is 0. The van der Waals surface area contributed by atoms with E-state index in [1.54, 1.807) is 0 Å². The van der Waals surface area contributed by atoms with Crippen LogP contribution in [0, 0.1) is 17.0 Å². The lowest BCUT2D eigenvalue weighted by Crippen LogP contribution is -2.19. The summed E-state index contributed by atoms with van der Waals surface area (Å²) in [4.78, 5) is 11.4. The van der Waals surface area contributed by atoms with Crippen LogP contribution in [-0.4, -0.2) is 12.6 Å². The second-order valence-electron chi connectivity index (χ2n) is 4.76. The van der Waals surface area contributed by atoms with Gasteiger partial charge in [0.05, 0.1) is 12.2 Å². The predicted octanol–water partition coefficient (Wildman–Crippen LogP) is 3.17. The molecule has 1 aromatic carbocycles. The van der Waals surface area contributed by atoms with Crippen LogP contribution < -0.4 is 0 Å². The number of esters is 1. The highest BCUT2D eigenvalue weighted by atomic mass is 19.1. The van der Waals surface area contributed by atoms with Gasteiger partial charge in [0.25, 0.3) is 0 Å². The second-order valence-corrected chi connectivity index (χ2v) is 4.76. The molecule has 0 radical (unpaired) electrons. The van der Waals surface area contributed by atoms with E-state index in [1.807, 2.05) is 20.8 Å². The molecule has 0 N–H and O–H groups in total. The number of ether oxygens (including phenoxy) is 1. The van der Waals surface area contributed by atoms with E-state index in [1.165, 1.54) is 0 Å². The van der Waals surface area contributed by atoms with Crippen molar-refractivity contribution in [2.45, 2.75) is 20.8 Å². The quantitative estimate of drug-likeness (QED) is 0.727. The Morgan fingerprint density at radius 2 is 1.94 bits per heavy atom. The van der Waals surface area contributed by atoms with Crippen molar-refractivity contribution in [3.05, 3.63) is 35.4 Å². The highest BCUT2D eigenvalue weighted by molar-refractivity contribution is 5.89. The Morgan fingerprint density at radius 3 is 2.50 bits per heavy atom. The average Bonchev–Trinajstić information content (AvgIpc) is 2.17. The first kappa shape index (κ1) is 12.6. The van der Waals surface area contributed by atoms with E-state index in [-0.39, 0.29) is 17.6 Å². The molecule has 88 valence electrons.